The minimum atomic E-state index is 0.894. The van der Waals surface area contributed by atoms with Crippen LogP contribution in [-0.4, -0.2) is 4.70 Å². The van der Waals surface area contributed by atoms with Crippen LogP contribution in [0.4, 0.5) is 0 Å². The fourth-order valence-electron chi connectivity index (χ4n) is 12.8. The smallest absolute Gasteiger partial charge is 0.493 e. The summed E-state index contributed by atoms with van der Waals surface area (Å²) in [5.74, 6) is 0. The van der Waals surface area contributed by atoms with Crippen LogP contribution in [0.25, 0.3) is 16.9 Å². The van der Waals surface area contributed by atoms with Crippen molar-refractivity contribution in [3.8, 4) is 0 Å². The van der Waals surface area contributed by atoms with E-state index in [2.05, 4.69) is 90.1 Å². The van der Waals surface area contributed by atoms with Gasteiger partial charge in [-0.05, 0) is 97.9 Å². The van der Waals surface area contributed by atoms with Gasteiger partial charge >= 0.3 is 169 Å². The molecule has 0 bridgehead atoms. The average molecular weight is 1270 g/mol. The van der Waals surface area contributed by atoms with Crippen molar-refractivity contribution in [2.24, 2.45) is 0 Å². The third kappa shape index (κ3) is 46.0. The zero-order chi connectivity index (χ0) is 61.0. The number of nitrogens with zero attached hydrogens (tertiary/aromatic N) is 2. The number of unbranched alkanes of at least 4 members (excludes halogenated alkanes) is 48. The summed E-state index contributed by atoms with van der Waals surface area (Å²) < 4.78 is 1.43. The maximum absolute atomic E-state index is 11.4. The maximum atomic E-state index is 11.4. The zero-order valence-electron chi connectivity index (χ0n) is 58.3. The summed E-state index contributed by atoms with van der Waals surface area (Å²) in [5.41, 5.74) is 21.0. The quantitative estimate of drug-likeness (QED) is 0.0358. The van der Waals surface area contributed by atoms with Crippen LogP contribution in [0.5, 0.6) is 0 Å². The Morgan fingerprint density at radius 3 is 0.647 bits per heavy atom. The molecule has 2 nitrogen and oxygen atoms in total. The molecule has 3 rings (SSSR count). The minimum absolute atomic E-state index is 0.894. The van der Waals surface area contributed by atoms with Crippen LogP contribution in [0.1, 0.15) is 422 Å². The molecule has 0 spiro atoms. The molecule has 0 radical (unpaired) electrons. The molecule has 85 heavy (non-hydrogen) atoms. The normalized spacial score (nSPS) is 12.4. The summed E-state index contributed by atoms with van der Waals surface area (Å²) in [4.78, 5) is 3.10. The van der Waals surface area contributed by atoms with E-state index in [9.17, 15) is 5.53 Å². The summed E-state index contributed by atoms with van der Waals surface area (Å²) in [5, 5.41) is 0. The van der Waals surface area contributed by atoms with Gasteiger partial charge in [0, 0.05) is 23.3 Å². The summed E-state index contributed by atoms with van der Waals surface area (Å²) in [7, 11) is 0. The molecular formula is C82H146N2Pd. The van der Waals surface area contributed by atoms with E-state index in [-0.39, 0.29) is 0 Å². The molecule has 0 unspecified atom stereocenters. The van der Waals surface area contributed by atoms with Gasteiger partial charge in [0.15, 0.2) is 0 Å². The van der Waals surface area contributed by atoms with E-state index in [1.54, 1.807) is 9.79 Å². The number of benzene rings is 2. The Labute approximate surface area is 541 Å². The molecule has 2 aromatic carbocycles. The van der Waals surface area contributed by atoms with E-state index in [0.717, 1.165) is 66.2 Å². The van der Waals surface area contributed by atoms with Crippen LogP contribution >= 0.6 is 0 Å². The van der Waals surface area contributed by atoms with E-state index < -0.39 is 0 Å². The second kappa shape index (κ2) is 61.1. The minimum Gasteiger partial charge on any atom is -0.493 e. The second-order valence-corrected chi connectivity index (χ2v) is 29.3. The van der Waals surface area contributed by atoms with Crippen molar-refractivity contribution in [3.63, 3.8) is 0 Å². The third-order valence-electron chi connectivity index (χ3n) is 18.5. The van der Waals surface area contributed by atoms with Crippen LogP contribution in [0.2, 0.25) is 9.79 Å². The SMILES string of the molecule is CCCCCCCCCCCCCCCCCCCCCCC[CH2][Pd][CH2]CCCCCCCCCCCCCCCCCCCCCCC.CCCCCc1cc(CCCCC)cc(C2=CC=C(c3cc(CCCC)cc(CCCC)c3)[N+]2=[N-])c1. The molecule has 0 N–H and O–H groups in total. The number of hydrogen-bond donors (Lipinski definition) is 0. The molecule has 3 heteroatoms. The number of hydrogen-bond acceptors (Lipinski definition) is 0. The average Bonchev–Trinajstić information content (AvgIpc) is 3.85. The predicted octanol–water partition coefficient (Wildman–Crippen LogP) is 29.4. The molecule has 0 atom stereocenters. The van der Waals surface area contributed by atoms with E-state index in [1.807, 2.05) is 0 Å². The van der Waals surface area contributed by atoms with Crippen LogP contribution in [0.3, 0.4) is 0 Å². The van der Waals surface area contributed by atoms with Crippen LogP contribution in [-0.2, 0) is 43.7 Å². The Balaban J connectivity index is 0.000000605. The van der Waals surface area contributed by atoms with Gasteiger partial charge in [-0.1, -0.05) is 233 Å². The molecule has 0 aromatic heterocycles. The van der Waals surface area contributed by atoms with Crippen LogP contribution < -0.4 is 0 Å². The fraction of sp³-hybridized carbons (Fsp3) is 0.805. The van der Waals surface area contributed by atoms with Crippen molar-refractivity contribution in [3.05, 3.63) is 87.5 Å². The summed E-state index contributed by atoms with van der Waals surface area (Å²) in [6, 6.07) is 14.0. The fourth-order valence-corrected chi connectivity index (χ4v) is 14.7. The van der Waals surface area contributed by atoms with Crippen molar-refractivity contribution in [2.45, 2.75) is 424 Å². The first-order chi connectivity index (χ1) is 42.0. The standard InChI is InChI=1S/C34H48N2.2C24H49.Pd/c1-5-9-13-17-29-22-30(18-14-10-6-2)26-32(25-29)34-20-19-33(36(34)35)31-23-27(15-11-7-3)21-28(24-31)16-12-8-4;2*1-3-5-7-9-11-13-15-17-19-21-23-24-22-20-18-16-14-12-10-8-6-4-2;/h19-26H,5-18H2,1-4H3;2*1,3-24H2,2H3;. The van der Waals surface area contributed by atoms with Crippen molar-refractivity contribution in [1.29, 1.82) is 0 Å². The van der Waals surface area contributed by atoms with Crippen LogP contribution in [0, 0.1) is 0 Å². The Bertz CT molecular complexity index is 1740. The van der Waals surface area contributed by atoms with Gasteiger partial charge < -0.3 is 5.53 Å². The first-order valence-corrected chi connectivity index (χ1v) is 40.8. The summed E-state index contributed by atoms with van der Waals surface area (Å²) in [6.07, 6.45) is 86.4. The Kier molecular flexibility index (Phi) is 56.9. The molecule has 0 aliphatic carbocycles. The van der Waals surface area contributed by atoms with E-state index in [4.69, 9.17) is 0 Å². The molecule has 1 aliphatic heterocycles. The van der Waals surface area contributed by atoms with Crippen molar-refractivity contribution >= 4 is 11.4 Å². The molecule has 2 aromatic rings. The first kappa shape index (κ1) is 79.3. The molecule has 0 saturated carbocycles. The molecule has 494 valence electrons. The Hall–Kier alpha value is -1.82. The monoisotopic (exact) mass is 1270 g/mol. The molecular weight excluding hydrogens is 1120 g/mol. The van der Waals surface area contributed by atoms with Gasteiger partial charge in [-0.2, -0.15) is 0 Å². The van der Waals surface area contributed by atoms with E-state index >= 15 is 0 Å². The number of rotatable bonds is 62. The van der Waals surface area contributed by atoms with Crippen molar-refractivity contribution in [2.75, 3.05) is 0 Å². The van der Waals surface area contributed by atoms with Gasteiger partial charge in [-0.25, -0.2) is 4.70 Å². The second-order valence-electron chi connectivity index (χ2n) is 26.9. The van der Waals surface area contributed by atoms with Gasteiger partial charge in [0.25, 0.3) is 0 Å². The molecule has 1 heterocycles. The van der Waals surface area contributed by atoms with Crippen molar-refractivity contribution in [1.82, 2.24) is 0 Å². The van der Waals surface area contributed by atoms with Crippen LogP contribution in [0.15, 0.2) is 48.6 Å². The van der Waals surface area contributed by atoms with E-state index in [1.165, 1.54) is 374 Å². The number of aryl methyl sites for hydroxylation is 4. The van der Waals surface area contributed by atoms with Crippen molar-refractivity contribution < 1.29 is 22.7 Å². The predicted molar refractivity (Wildman–Crippen MR) is 380 cm³/mol. The molecule has 0 amide bonds. The third-order valence-corrected chi connectivity index (χ3v) is 20.7. The molecule has 0 saturated heterocycles. The molecule has 0 fully saturated rings. The first-order valence-electron chi connectivity index (χ1n) is 38.6. The number of allylic oxidation sites excluding steroid dienone is 2. The topological polar surface area (TPSA) is 25.3 Å². The van der Waals surface area contributed by atoms with Gasteiger partial charge in [0.2, 0.25) is 11.4 Å². The molecule has 1 aliphatic rings. The van der Waals surface area contributed by atoms with Gasteiger partial charge in [0.05, 0.1) is 0 Å². The Morgan fingerprint density at radius 2 is 0.424 bits per heavy atom. The Morgan fingerprint density at radius 1 is 0.235 bits per heavy atom. The summed E-state index contributed by atoms with van der Waals surface area (Å²) in [6.45, 7) is 13.6. The summed E-state index contributed by atoms with van der Waals surface area (Å²) >= 11 is 1.06. The van der Waals surface area contributed by atoms with Gasteiger partial charge in [0.1, 0.15) is 0 Å². The van der Waals surface area contributed by atoms with E-state index in [0.29, 0.717) is 0 Å². The van der Waals surface area contributed by atoms with Gasteiger partial charge in [-0.15, -0.1) is 0 Å². The zero-order valence-corrected chi connectivity index (χ0v) is 59.8. The van der Waals surface area contributed by atoms with Gasteiger partial charge in [-0.3, -0.25) is 0 Å².